The highest BCUT2D eigenvalue weighted by molar-refractivity contribution is 5.94. The van der Waals surface area contributed by atoms with Gasteiger partial charge in [0.2, 0.25) is 0 Å². The Bertz CT molecular complexity index is 587. The molecule has 5 heteroatoms. The van der Waals surface area contributed by atoms with E-state index in [1.54, 1.807) is 26.0 Å². The minimum Gasteiger partial charge on any atom is -0.464 e. The van der Waals surface area contributed by atoms with Crippen LogP contribution >= 0.6 is 0 Å². The summed E-state index contributed by atoms with van der Waals surface area (Å²) in [6, 6.07) is 6.28. The minimum atomic E-state index is -0.889. The summed E-state index contributed by atoms with van der Waals surface area (Å²) in [5.41, 5.74) is -0.586. The summed E-state index contributed by atoms with van der Waals surface area (Å²) in [5.74, 6) is -1.35. The van der Waals surface area contributed by atoms with Crippen molar-refractivity contribution in [3.05, 3.63) is 59.1 Å². The van der Waals surface area contributed by atoms with E-state index >= 15 is 0 Å². The van der Waals surface area contributed by atoms with Crippen molar-refractivity contribution in [2.24, 2.45) is 0 Å². The molecular formula is C14H13F2NO2. The fourth-order valence-electron chi connectivity index (χ4n) is 1.74. The van der Waals surface area contributed by atoms with Gasteiger partial charge in [-0.25, -0.2) is 8.78 Å². The minimum absolute atomic E-state index is 0.472. The van der Waals surface area contributed by atoms with E-state index in [9.17, 15) is 13.6 Å². The standard InChI is InChI=1S/C14H13F2NO2/c1-8-6-7-12(19-8)9(2)17-14(18)13-10(15)4-3-5-11(13)16/h3-7,9H,1-2H3,(H,17,18). The van der Waals surface area contributed by atoms with Gasteiger partial charge in [-0.2, -0.15) is 0 Å². The Kier molecular flexibility index (Phi) is 3.64. The van der Waals surface area contributed by atoms with Crippen LogP contribution in [0.15, 0.2) is 34.7 Å². The molecular weight excluding hydrogens is 252 g/mol. The van der Waals surface area contributed by atoms with Gasteiger partial charge in [-0.1, -0.05) is 6.07 Å². The van der Waals surface area contributed by atoms with Gasteiger partial charge in [-0.15, -0.1) is 0 Å². The summed E-state index contributed by atoms with van der Waals surface area (Å²) in [6.45, 7) is 3.45. The lowest BCUT2D eigenvalue weighted by Crippen LogP contribution is -2.28. The van der Waals surface area contributed by atoms with Crippen LogP contribution in [-0.2, 0) is 0 Å². The maximum Gasteiger partial charge on any atom is 0.257 e. The highest BCUT2D eigenvalue weighted by Gasteiger charge is 2.20. The molecule has 1 unspecified atom stereocenters. The van der Waals surface area contributed by atoms with Crippen LogP contribution in [0.2, 0.25) is 0 Å². The smallest absolute Gasteiger partial charge is 0.257 e. The van der Waals surface area contributed by atoms with Crippen molar-refractivity contribution >= 4 is 5.91 Å². The van der Waals surface area contributed by atoms with Gasteiger partial charge in [0.25, 0.3) is 5.91 Å². The third kappa shape index (κ3) is 2.81. The lowest BCUT2D eigenvalue weighted by molar-refractivity contribution is 0.0926. The molecule has 1 atom stereocenters. The van der Waals surface area contributed by atoms with Crippen molar-refractivity contribution in [2.45, 2.75) is 19.9 Å². The predicted molar refractivity (Wildman–Crippen MR) is 65.7 cm³/mol. The largest absolute Gasteiger partial charge is 0.464 e. The molecule has 0 aliphatic heterocycles. The average Bonchev–Trinajstić information content (AvgIpc) is 2.75. The van der Waals surface area contributed by atoms with Gasteiger partial charge < -0.3 is 9.73 Å². The van der Waals surface area contributed by atoms with Gasteiger partial charge in [0.1, 0.15) is 28.7 Å². The van der Waals surface area contributed by atoms with Crippen LogP contribution in [0.4, 0.5) is 8.78 Å². The number of nitrogens with one attached hydrogen (secondary N) is 1. The van der Waals surface area contributed by atoms with Gasteiger partial charge in [0.15, 0.2) is 0 Å². The molecule has 0 saturated carbocycles. The Hall–Kier alpha value is -2.17. The van der Waals surface area contributed by atoms with Gasteiger partial charge in [-0.3, -0.25) is 4.79 Å². The predicted octanol–water partition coefficient (Wildman–Crippen LogP) is 3.36. The van der Waals surface area contributed by atoms with Crippen molar-refractivity contribution in [3.8, 4) is 0 Å². The van der Waals surface area contributed by atoms with Gasteiger partial charge in [0.05, 0.1) is 6.04 Å². The number of furan rings is 1. The first-order valence-electron chi connectivity index (χ1n) is 5.80. The maximum atomic E-state index is 13.4. The molecule has 1 heterocycles. The molecule has 0 radical (unpaired) electrons. The molecule has 0 saturated heterocycles. The van der Waals surface area contributed by atoms with E-state index in [-0.39, 0.29) is 0 Å². The summed E-state index contributed by atoms with van der Waals surface area (Å²) in [6.07, 6.45) is 0. The molecule has 0 fully saturated rings. The summed E-state index contributed by atoms with van der Waals surface area (Å²) in [7, 11) is 0. The molecule has 1 N–H and O–H groups in total. The Labute approximate surface area is 109 Å². The lowest BCUT2D eigenvalue weighted by Gasteiger charge is -2.12. The number of benzene rings is 1. The first-order valence-corrected chi connectivity index (χ1v) is 5.80. The number of hydrogen-bond donors (Lipinski definition) is 1. The molecule has 0 spiro atoms. The van der Waals surface area contributed by atoms with Crippen LogP contribution < -0.4 is 5.32 Å². The highest BCUT2D eigenvalue weighted by Crippen LogP contribution is 2.18. The number of rotatable bonds is 3. The first-order chi connectivity index (χ1) is 8.99. The van der Waals surface area contributed by atoms with Crippen LogP contribution in [0.5, 0.6) is 0 Å². The second kappa shape index (κ2) is 5.22. The molecule has 1 aromatic carbocycles. The highest BCUT2D eigenvalue weighted by atomic mass is 19.1. The number of hydrogen-bond acceptors (Lipinski definition) is 2. The monoisotopic (exact) mass is 265 g/mol. The van der Waals surface area contributed by atoms with E-state index in [4.69, 9.17) is 4.42 Å². The van der Waals surface area contributed by atoms with Crippen LogP contribution in [0, 0.1) is 18.6 Å². The van der Waals surface area contributed by atoms with Gasteiger partial charge in [0, 0.05) is 0 Å². The molecule has 2 aromatic rings. The third-order valence-electron chi connectivity index (χ3n) is 2.73. The quantitative estimate of drug-likeness (QED) is 0.924. The Morgan fingerprint density at radius 2 is 1.84 bits per heavy atom. The molecule has 2 rings (SSSR count). The van der Waals surface area contributed by atoms with Crippen LogP contribution in [0.3, 0.4) is 0 Å². The molecule has 0 aliphatic rings. The van der Waals surface area contributed by atoms with Crippen molar-refractivity contribution in [1.29, 1.82) is 0 Å². The number of aryl methyl sites for hydroxylation is 1. The zero-order valence-electron chi connectivity index (χ0n) is 10.5. The fourth-order valence-corrected chi connectivity index (χ4v) is 1.74. The van der Waals surface area contributed by atoms with E-state index in [2.05, 4.69) is 5.32 Å². The normalized spacial score (nSPS) is 12.2. The number of halogens is 2. The molecule has 1 amide bonds. The first kappa shape index (κ1) is 13.3. The van der Waals surface area contributed by atoms with E-state index in [0.29, 0.717) is 11.5 Å². The molecule has 0 bridgehead atoms. The van der Waals surface area contributed by atoms with Crippen LogP contribution in [-0.4, -0.2) is 5.91 Å². The topological polar surface area (TPSA) is 42.2 Å². The Morgan fingerprint density at radius 1 is 1.21 bits per heavy atom. The van der Waals surface area contributed by atoms with E-state index in [1.165, 1.54) is 6.07 Å². The summed E-state index contributed by atoms with van der Waals surface area (Å²) in [5, 5.41) is 2.49. The zero-order valence-corrected chi connectivity index (χ0v) is 10.5. The Morgan fingerprint density at radius 3 is 2.37 bits per heavy atom. The number of carbonyl (C=O) groups excluding carboxylic acids is 1. The maximum absolute atomic E-state index is 13.4. The summed E-state index contributed by atoms with van der Waals surface area (Å²) in [4.78, 5) is 11.8. The van der Waals surface area contributed by atoms with E-state index in [1.807, 2.05) is 0 Å². The van der Waals surface area contributed by atoms with Crippen LogP contribution in [0.25, 0.3) is 0 Å². The molecule has 19 heavy (non-hydrogen) atoms. The van der Waals surface area contributed by atoms with Gasteiger partial charge >= 0.3 is 0 Å². The van der Waals surface area contributed by atoms with Gasteiger partial charge in [-0.05, 0) is 38.1 Å². The Balaban J connectivity index is 2.17. The molecule has 3 nitrogen and oxygen atoms in total. The van der Waals surface area contributed by atoms with E-state index in [0.717, 1.165) is 12.1 Å². The van der Waals surface area contributed by atoms with Crippen molar-refractivity contribution in [2.75, 3.05) is 0 Å². The molecule has 100 valence electrons. The zero-order chi connectivity index (χ0) is 14.0. The van der Waals surface area contributed by atoms with Crippen molar-refractivity contribution in [1.82, 2.24) is 5.32 Å². The van der Waals surface area contributed by atoms with E-state index < -0.39 is 29.1 Å². The third-order valence-corrected chi connectivity index (χ3v) is 2.73. The second-order valence-corrected chi connectivity index (χ2v) is 4.24. The number of amides is 1. The lowest BCUT2D eigenvalue weighted by atomic mass is 10.1. The summed E-state index contributed by atoms with van der Waals surface area (Å²) < 4.78 is 32.2. The average molecular weight is 265 g/mol. The molecule has 0 aliphatic carbocycles. The number of carbonyl (C=O) groups is 1. The summed E-state index contributed by atoms with van der Waals surface area (Å²) >= 11 is 0. The van der Waals surface area contributed by atoms with Crippen LogP contribution in [0.1, 0.15) is 34.8 Å². The second-order valence-electron chi connectivity index (χ2n) is 4.24. The fraction of sp³-hybridized carbons (Fsp3) is 0.214. The SMILES string of the molecule is Cc1ccc(C(C)NC(=O)c2c(F)cccc2F)o1. The molecule has 1 aromatic heterocycles. The van der Waals surface area contributed by atoms with Crippen molar-refractivity contribution < 1.29 is 18.0 Å². The van der Waals surface area contributed by atoms with Crippen molar-refractivity contribution in [3.63, 3.8) is 0 Å².